The summed E-state index contributed by atoms with van der Waals surface area (Å²) in [4.78, 5) is 13.9. The van der Waals surface area contributed by atoms with Crippen molar-refractivity contribution in [3.05, 3.63) is 53.4 Å². The van der Waals surface area contributed by atoms with Crippen LogP contribution in [-0.4, -0.2) is 40.2 Å². The molecule has 2 atom stereocenters. The number of nitrogens with two attached hydrogens (primary N) is 1. The van der Waals surface area contributed by atoms with Crippen LogP contribution in [0.2, 0.25) is 0 Å². The number of aromatic nitrogens is 2. The van der Waals surface area contributed by atoms with Crippen molar-refractivity contribution in [3.63, 3.8) is 0 Å². The zero-order chi connectivity index (χ0) is 17.3. The van der Waals surface area contributed by atoms with Crippen molar-refractivity contribution in [2.45, 2.75) is 12.3 Å². The maximum Gasteiger partial charge on any atom is 0.222 e. The first-order valence-electron chi connectivity index (χ1n) is 7.88. The minimum atomic E-state index is -0.842. The molecular weight excluding hydrogens is 314 g/mol. The van der Waals surface area contributed by atoms with Crippen molar-refractivity contribution >= 4 is 5.91 Å². The number of benzene rings is 1. The van der Waals surface area contributed by atoms with Crippen LogP contribution in [-0.2, 0) is 18.3 Å². The third-order valence-corrected chi connectivity index (χ3v) is 4.61. The number of likely N-dealkylation sites (tertiary alicyclic amines) is 1. The van der Waals surface area contributed by atoms with E-state index in [4.69, 9.17) is 5.73 Å². The number of carbonyl (C=O) groups excluding carboxylic acids is 1. The molecule has 1 saturated heterocycles. The van der Waals surface area contributed by atoms with Gasteiger partial charge in [0.2, 0.25) is 5.91 Å². The first-order valence-corrected chi connectivity index (χ1v) is 7.88. The Labute approximate surface area is 139 Å². The fourth-order valence-electron chi connectivity index (χ4n) is 3.31. The van der Waals surface area contributed by atoms with Crippen LogP contribution in [0, 0.1) is 17.6 Å². The van der Waals surface area contributed by atoms with E-state index in [1.54, 1.807) is 16.9 Å². The van der Waals surface area contributed by atoms with Gasteiger partial charge in [0.25, 0.3) is 0 Å². The van der Waals surface area contributed by atoms with Gasteiger partial charge in [-0.1, -0.05) is 6.07 Å². The number of hydrogen-bond donors (Lipinski definition) is 1. The quantitative estimate of drug-likeness (QED) is 0.900. The summed E-state index contributed by atoms with van der Waals surface area (Å²) in [6.45, 7) is 1.92. The highest BCUT2D eigenvalue weighted by molar-refractivity contribution is 5.78. The number of amides is 1. The summed E-state index contributed by atoms with van der Waals surface area (Å²) in [6, 6.07) is 3.94. The molecule has 1 aliphatic heterocycles. The van der Waals surface area contributed by atoms with Gasteiger partial charge in [-0.2, -0.15) is 5.10 Å². The first kappa shape index (κ1) is 16.6. The number of primary amides is 1. The summed E-state index contributed by atoms with van der Waals surface area (Å²) < 4.78 is 28.0. The highest BCUT2D eigenvalue weighted by Gasteiger charge is 2.37. The molecule has 0 unspecified atom stereocenters. The standard InChI is InChI=1S/C17H20F2N4O/c1-22-8-12(7-21-22)13-9-23(10-14(13)17(20)24)5-4-11-2-3-15(18)16(19)6-11/h2-3,6-8,13-14H,4-5,9-10H2,1H3,(H2,20,24)/t13-,14+/m1/s1. The van der Waals surface area contributed by atoms with Crippen molar-refractivity contribution in [1.29, 1.82) is 0 Å². The minimum Gasteiger partial charge on any atom is -0.369 e. The molecule has 2 heterocycles. The molecule has 2 N–H and O–H groups in total. The molecule has 5 nitrogen and oxygen atoms in total. The monoisotopic (exact) mass is 334 g/mol. The molecule has 3 rings (SSSR count). The van der Waals surface area contributed by atoms with Crippen LogP contribution >= 0.6 is 0 Å². The molecule has 1 amide bonds. The molecule has 0 saturated carbocycles. The molecule has 1 aliphatic rings. The van der Waals surface area contributed by atoms with Crippen LogP contribution in [0.3, 0.4) is 0 Å². The lowest BCUT2D eigenvalue weighted by Crippen LogP contribution is -2.29. The van der Waals surface area contributed by atoms with Gasteiger partial charge in [0, 0.05) is 38.8 Å². The van der Waals surface area contributed by atoms with E-state index in [1.165, 1.54) is 6.07 Å². The lowest BCUT2D eigenvalue weighted by Gasteiger charge is -2.15. The average Bonchev–Trinajstić information content (AvgIpc) is 3.14. The molecular formula is C17H20F2N4O. The van der Waals surface area contributed by atoms with E-state index < -0.39 is 11.6 Å². The number of carbonyl (C=O) groups is 1. The van der Waals surface area contributed by atoms with Gasteiger partial charge in [0.05, 0.1) is 12.1 Å². The van der Waals surface area contributed by atoms with E-state index in [0.29, 0.717) is 26.1 Å². The van der Waals surface area contributed by atoms with Gasteiger partial charge >= 0.3 is 0 Å². The summed E-state index contributed by atoms with van der Waals surface area (Å²) in [7, 11) is 1.83. The Morgan fingerprint density at radius 2 is 2.12 bits per heavy atom. The molecule has 7 heteroatoms. The smallest absolute Gasteiger partial charge is 0.222 e. The number of hydrogen-bond acceptors (Lipinski definition) is 3. The molecule has 128 valence electrons. The average molecular weight is 334 g/mol. The zero-order valence-electron chi connectivity index (χ0n) is 13.5. The Balaban J connectivity index is 1.66. The molecule has 0 aliphatic carbocycles. The van der Waals surface area contributed by atoms with Gasteiger partial charge in [-0.3, -0.25) is 9.48 Å². The molecule has 0 radical (unpaired) electrons. The molecule has 2 aromatic rings. The van der Waals surface area contributed by atoms with E-state index in [-0.39, 0.29) is 17.7 Å². The van der Waals surface area contributed by atoms with Crippen molar-refractivity contribution in [1.82, 2.24) is 14.7 Å². The Hall–Kier alpha value is -2.28. The first-order chi connectivity index (χ1) is 11.4. The van der Waals surface area contributed by atoms with Gasteiger partial charge < -0.3 is 10.6 Å². The van der Waals surface area contributed by atoms with Crippen LogP contribution in [0.5, 0.6) is 0 Å². The summed E-state index contributed by atoms with van der Waals surface area (Å²) >= 11 is 0. The normalized spacial score (nSPS) is 21.3. The highest BCUT2D eigenvalue weighted by atomic mass is 19.2. The zero-order valence-corrected chi connectivity index (χ0v) is 13.5. The minimum absolute atomic E-state index is 0.0150. The van der Waals surface area contributed by atoms with Crippen molar-refractivity contribution in [2.75, 3.05) is 19.6 Å². The maximum atomic E-state index is 13.3. The van der Waals surface area contributed by atoms with Crippen molar-refractivity contribution in [2.24, 2.45) is 18.7 Å². The summed E-state index contributed by atoms with van der Waals surface area (Å²) in [5.41, 5.74) is 7.28. The fourth-order valence-corrected chi connectivity index (χ4v) is 3.31. The molecule has 1 aromatic carbocycles. The van der Waals surface area contributed by atoms with Crippen LogP contribution in [0.15, 0.2) is 30.6 Å². The maximum absolute atomic E-state index is 13.3. The SMILES string of the molecule is Cn1cc([C@H]2CN(CCc3ccc(F)c(F)c3)C[C@@H]2C(N)=O)cn1. The second-order valence-corrected chi connectivity index (χ2v) is 6.32. The van der Waals surface area contributed by atoms with Crippen molar-refractivity contribution < 1.29 is 13.6 Å². The number of halogens is 2. The molecule has 24 heavy (non-hydrogen) atoms. The van der Waals surface area contributed by atoms with Gasteiger partial charge in [-0.15, -0.1) is 0 Å². The summed E-state index contributed by atoms with van der Waals surface area (Å²) in [5.74, 6) is -2.25. The lowest BCUT2D eigenvalue weighted by molar-refractivity contribution is -0.121. The Bertz CT molecular complexity index is 746. The second kappa shape index (κ2) is 6.68. The van der Waals surface area contributed by atoms with E-state index >= 15 is 0 Å². The largest absolute Gasteiger partial charge is 0.369 e. The predicted octanol–water partition coefficient (Wildman–Crippen LogP) is 1.44. The van der Waals surface area contributed by atoms with Crippen LogP contribution in [0.25, 0.3) is 0 Å². The number of aryl methyl sites for hydroxylation is 1. The number of nitrogens with zero attached hydrogens (tertiary/aromatic N) is 3. The van der Waals surface area contributed by atoms with E-state index in [2.05, 4.69) is 10.00 Å². The van der Waals surface area contributed by atoms with Gasteiger partial charge in [0.1, 0.15) is 0 Å². The highest BCUT2D eigenvalue weighted by Crippen LogP contribution is 2.32. The van der Waals surface area contributed by atoms with Crippen LogP contribution in [0.4, 0.5) is 8.78 Å². The summed E-state index contributed by atoms with van der Waals surface area (Å²) in [6.07, 6.45) is 4.25. The van der Waals surface area contributed by atoms with Gasteiger partial charge in [-0.05, 0) is 29.7 Å². The molecule has 0 bridgehead atoms. The Morgan fingerprint density at radius 1 is 1.33 bits per heavy atom. The third-order valence-electron chi connectivity index (χ3n) is 4.61. The fraction of sp³-hybridized carbons (Fsp3) is 0.412. The Kier molecular flexibility index (Phi) is 4.62. The topological polar surface area (TPSA) is 64.2 Å². The van der Waals surface area contributed by atoms with Gasteiger partial charge in [-0.25, -0.2) is 8.78 Å². The second-order valence-electron chi connectivity index (χ2n) is 6.32. The van der Waals surface area contributed by atoms with Crippen LogP contribution in [0.1, 0.15) is 17.0 Å². The number of rotatable bonds is 5. The van der Waals surface area contributed by atoms with E-state index in [0.717, 1.165) is 17.2 Å². The van der Waals surface area contributed by atoms with E-state index in [1.807, 2.05) is 13.2 Å². The molecule has 1 fully saturated rings. The Morgan fingerprint density at radius 3 is 2.75 bits per heavy atom. The van der Waals surface area contributed by atoms with Gasteiger partial charge in [0.15, 0.2) is 11.6 Å². The van der Waals surface area contributed by atoms with Crippen molar-refractivity contribution in [3.8, 4) is 0 Å². The summed E-state index contributed by atoms with van der Waals surface area (Å²) in [5, 5.41) is 4.16. The molecule has 0 spiro atoms. The third kappa shape index (κ3) is 3.46. The van der Waals surface area contributed by atoms with Crippen LogP contribution < -0.4 is 5.73 Å². The van der Waals surface area contributed by atoms with E-state index in [9.17, 15) is 13.6 Å². The predicted molar refractivity (Wildman–Crippen MR) is 85.1 cm³/mol. The lowest BCUT2D eigenvalue weighted by atomic mass is 9.90. The molecule has 1 aromatic heterocycles.